The Morgan fingerprint density at radius 2 is 2.04 bits per heavy atom. The largest absolute Gasteiger partial charge is 0.497 e. The number of carbonyl (C=O) groups excluding carboxylic acids is 1. The maximum atomic E-state index is 12.2. The first-order chi connectivity index (χ1) is 12.4. The van der Waals surface area contributed by atoms with Gasteiger partial charge in [-0.15, -0.1) is 0 Å². The third-order valence-corrected chi connectivity index (χ3v) is 4.60. The predicted octanol–water partition coefficient (Wildman–Crippen LogP) is 4.09. The molecule has 0 bridgehead atoms. The van der Waals surface area contributed by atoms with Crippen molar-refractivity contribution in [2.75, 3.05) is 27.7 Å². The molecule has 1 amide bonds. The molecule has 0 aromatic heterocycles. The van der Waals surface area contributed by atoms with E-state index in [0.717, 1.165) is 22.4 Å². The van der Waals surface area contributed by atoms with Gasteiger partial charge < -0.3 is 15.0 Å². The second-order valence-corrected chi connectivity index (χ2v) is 6.75. The number of carbonyl (C=O) groups is 1. The number of hydrogen-bond acceptors (Lipinski definition) is 3. The van der Waals surface area contributed by atoms with Gasteiger partial charge in [0.1, 0.15) is 5.75 Å². The monoisotopic (exact) mass is 372 g/mol. The van der Waals surface area contributed by atoms with Crippen LogP contribution < -0.4 is 10.1 Å². The van der Waals surface area contributed by atoms with Gasteiger partial charge in [-0.3, -0.25) is 4.79 Å². The van der Waals surface area contributed by atoms with Crippen LogP contribution in [-0.4, -0.2) is 38.6 Å². The van der Waals surface area contributed by atoms with Gasteiger partial charge >= 0.3 is 0 Å². The predicted molar refractivity (Wildman–Crippen MR) is 108 cm³/mol. The Kier molecular flexibility index (Phi) is 7.25. The lowest BCUT2D eigenvalue weighted by Crippen LogP contribution is -2.33. The number of nitrogens with one attached hydrogen (secondary N) is 1. The molecule has 0 aliphatic heterocycles. The van der Waals surface area contributed by atoms with Crippen LogP contribution in [0.3, 0.4) is 0 Å². The molecule has 138 valence electrons. The lowest BCUT2D eigenvalue weighted by Gasteiger charge is -2.25. The number of amides is 1. The minimum Gasteiger partial charge on any atom is -0.497 e. The molecule has 4 nitrogen and oxygen atoms in total. The van der Waals surface area contributed by atoms with Crippen LogP contribution in [0, 0.1) is 6.92 Å². The molecule has 2 rings (SSSR count). The van der Waals surface area contributed by atoms with E-state index in [1.807, 2.05) is 63.5 Å². The molecule has 0 aliphatic carbocycles. The number of benzene rings is 2. The van der Waals surface area contributed by atoms with Gasteiger partial charge in [-0.25, -0.2) is 0 Å². The summed E-state index contributed by atoms with van der Waals surface area (Å²) in [6.45, 7) is 2.44. The number of nitrogens with zero attached hydrogens (tertiary/aromatic N) is 1. The van der Waals surface area contributed by atoms with E-state index in [2.05, 4.69) is 10.2 Å². The second-order valence-electron chi connectivity index (χ2n) is 6.34. The molecular formula is C21H25ClN2O2. The fourth-order valence-electron chi connectivity index (χ4n) is 2.59. The lowest BCUT2D eigenvalue weighted by atomic mass is 10.1. The van der Waals surface area contributed by atoms with Gasteiger partial charge in [0.2, 0.25) is 5.91 Å². The molecule has 1 N–H and O–H groups in total. The van der Waals surface area contributed by atoms with Crippen LogP contribution in [0.2, 0.25) is 5.02 Å². The van der Waals surface area contributed by atoms with Crippen LogP contribution in [0.4, 0.5) is 0 Å². The summed E-state index contributed by atoms with van der Waals surface area (Å²) in [5, 5.41) is 3.65. The van der Waals surface area contributed by atoms with Crippen molar-refractivity contribution in [3.05, 3.63) is 70.3 Å². The smallest absolute Gasteiger partial charge is 0.244 e. The summed E-state index contributed by atoms with van der Waals surface area (Å²) in [7, 11) is 5.62. The topological polar surface area (TPSA) is 41.6 Å². The Hall–Kier alpha value is -2.30. The molecule has 5 heteroatoms. The van der Waals surface area contributed by atoms with Crippen molar-refractivity contribution in [2.24, 2.45) is 0 Å². The summed E-state index contributed by atoms with van der Waals surface area (Å²) in [6.07, 6.45) is 3.29. The van der Waals surface area contributed by atoms with E-state index in [1.165, 1.54) is 6.08 Å². The normalized spacial score (nSPS) is 12.4. The van der Waals surface area contributed by atoms with Gasteiger partial charge in [0, 0.05) is 17.6 Å². The number of hydrogen-bond donors (Lipinski definition) is 1. The van der Waals surface area contributed by atoms with Gasteiger partial charge in [-0.1, -0.05) is 35.9 Å². The van der Waals surface area contributed by atoms with Gasteiger partial charge in [0.15, 0.2) is 0 Å². The summed E-state index contributed by atoms with van der Waals surface area (Å²) < 4.78 is 5.29. The van der Waals surface area contributed by atoms with E-state index in [-0.39, 0.29) is 11.9 Å². The molecule has 0 radical (unpaired) electrons. The minimum atomic E-state index is -0.142. The highest BCUT2D eigenvalue weighted by Crippen LogP contribution is 2.22. The molecular weight excluding hydrogens is 348 g/mol. The Balaban J connectivity index is 2.00. The second kappa shape index (κ2) is 9.41. The summed E-state index contributed by atoms with van der Waals surface area (Å²) in [5.41, 5.74) is 3.00. The Morgan fingerprint density at radius 3 is 2.69 bits per heavy atom. The minimum absolute atomic E-state index is 0.0521. The maximum Gasteiger partial charge on any atom is 0.244 e. The van der Waals surface area contributed by atoms with Crippen LogP contribution in [0.25, 0.3) is 6.08 Å². The Bertz CT molecular complexity index is 787. The number of methoxy groups -OCH3 is 1. The van der Waals surface area contributed by atoms with Crippen molar-refractivity contribution in [3.8, 4) is 5.75 Å². The molecule has 2 aromatic carbocycles. The SMILES string of the molecule is COc1cccc(C(CNC(=O)/C=C/c2ccc(C)c(Cl)c2)N(C)C)c1. The summed E-state index contributed by atoms with van der Waals surface area (Å²) >= 11 is 6.11. The zero-order valence-electron chi connectivity index (χ0n) is 15.6. The first kappa shape index (κ1) is 20.0. The molecule has 2 aromatic rings. The Labute approximate surface area is 160 Å². The van der Waals surface area contributed by atoms with E-state index in [0.29, 0.717) is 11.6 Å². The number of likely N-dealkylation sites (N-methyl/N-ethyl adjacent to an activating group) is 1. The van der Waals surface area contributed by atoms with Crippen molar-refractivity contribution >= 4 is 23.6 Å². The molecule has 1 atom stereocenters. The van der Waals surface area contributed by atoms with Crippen molar-refractivity contribution in [1.29, 1.82) is 0 Å². The third-order valence-electron chi connectivity index (χ3n) is 4.19. The fraction of sp³-hybridized carbons (Fsp3) is 0.286. The van der Waals surface area contributed by atoms with Crippen molar-refractivity contribution in [3.63, 3.8) is 0 Å². The van der Waals surface area contributed by atoms with Crippen LogP contribution in [0.15, 0.2) is 48.5 Å². The summed E-state index contributed by atoms with van der Waals surface area (Å²) in [5.74, 6) is 0.660. The molecule has 0 saturated heterocycles. The summed E-state index contributed by atoms with van der Waals surface area (Å²) in [6, 6.07) is 13.6. The van der Waals surface area contributed by atoms with Crippen LogP contribution in [-0.2, 0) is 4.79 Å². The van der Waals surface area contributed by atoms with Crippen LogP contribution in [0.5, 0.6) is 5.75 Å². The summed E-state index contributed by atoms with van der Waals surface area (Å²) in [4.78, 5) is 14.2. The number of aryl methyl sites for hydroxylation is 1. The number of rotatable bonds is 7. The van der Waals surface area contributed by atoms with Gasteiger partial charge in [-0.2, -0.15) is 0 Å². The highest BCUT2D eigenvalue weighted by atomic mass is 35.5. The maximum absolute atomic E-state index is 12.2. The highest BCUT2D eigenvalue weighted by molar-refractivity contribution is 6.31. The van der Waals surface area contributed by atoms with Crippen LogP contribution >= 0.6 is 11.6 Å². The quantitative estimate of drug-likeness (QED) is 0.744. The van der Waals surface area contributed by atoms with E-state index >= 15 is 0 Å². The molecule has 0 aliphatic rings. The van der Waals surface area contributed by atoms with Gasteiger partial charge in [0.05, 0.1) is 13.2 Å². The average Bonchev–Trinajstić information content (AvgIpc) is 2.62. The first-order valence-electron chi connectivity index (χ1n) is 8.43. The van der Waals surface area contributed by atoms with Crippen molar-refractivity contribution < 1.29 is 9.53 Å². The zero-order chi connectivity index (χ0) is 19.1. The molecule has 0 saturated carbocycles. The van der Waals surface area contributed by atoms with Crippen molar-refractivity contribution in [2.45, 2.75) is 13.0 Å². The van der Waals surface area contributed by atoms with E-state index in [4.69, 9.17) is 16.3 Å². The molecule has 0 heterocycles. The third kappa shape index (κ3) is 5.61. The number of halogens is 1. The fourth-order valence-corrected chi connectivity index (χ4v) is 2.78. The average molecular weight is 373 g/mol. The van der Waals surface area contributed by atoms with E-state index in [1.54, 1.807) is 13.2 Å². The van der Waals surface area contributed by atoms with Crippen LogP contribution in [0.1, 0.15) is 22.7 Å². The molecule has 26 heavy (non-hydrogen) atoms. The van der Waals surface area contributed by atoms with E-state index in [9.17, 15) is 4.79 Å². The standard InChI is InChI=1S/C21H25ClN2O2/c1-15-8-9-16(12-19(15)22)10-11-21(25)23-14-20(24(2)3)17-6-5-7-18(13-17)26-4/h5-13,20H,14H2,1-4H3,(H,23,25)/b11-10+. The van der Waals surface area contributed by atoms with Gasteiger partial charge in [0.25, 0.3) is 0 Å². The number of ether oxygens (including phenoxy) is 1. The Morgan fingerprint density at radius 1 is 1.27 bits per heavy atom. The van der Waals surface area contributed by atoms with Crippen molar-refractivity contribution in [1.82, 2.24) is 10.2 Å². The highest BCUT2D eigenvalue weighted by Gasteiger charge is 2.15. The molecule has 0 spiro atoms. The molecule has 1 unspecified atom stereocenters. The van der Waals surface area contributed by atoms with E-state index < -0.39 is 0 Å². The first-order valence-corrected chi connectivity index (χ1v) is 8.81. The zero-order valence-corrected chi connectivity index (χ0v) is 16.4. The van der Waals surface area contributed by atoms with Gasteiger partial charge in [-0.05, 0) is 62.0 Å². The lowest BCUT2D eigenvalue weighted by molar-refractivity contribution is -0.116. The molecule has 0 fully saturated rings.